The molecule has 0 atom stereocenters. The highest BCUT2D eigenvalue weighted by Gasteiger charge is 2.13. The van der Waals surface area contributed by atoms with Gasteiger partial charge in [-0.25, -0.2) is 4.98 Å². The zero-order chi connectivity index (χ0) is 18.4. The zero-order valence-corrected chi connectivity index (χ0v) is 15.2. The van der Waals surface area contributed by atoms with Gasteiger partial charge in [0.25, 0.3) is 0 Å². The summed E-state index contributed by atoms with van der Waals surface area (Å²) < 4.78 is 0. The van der Waals surface area contributed by atoms with Crippen molar-refractivity contribution >= 4 is 29.1 Å². The van der Waals surface area contributed by atoms with Crippen molar-refractivity contribution in [2.45, 2.75) is 6.92 Å². The van der Waals surface area contributed by atoms with Crippen LogP contribution in [-0.4, -0.2) is 4.98 Å². The minimum absolute atomic E-state index is 1.02. The summed E-state index contributed by atoms with van der Waals surface area (Å²) in [5.41, 5.74) is 10.6. The molecular weight excluding hydrogens is 326 g/mol. The fourth-order valence-electron chi connectivity index (χ4n) is 3.93. The zero-order valence-electron chi connectivity index (χ0n) is 15.2. The number of hydrogen-bond acceptors (Lipinski definition) is 1. The topological polar surface area (TPSA) is 12.9 Å². The maximum Gasteiger partial charge on any atom is 0.0721 e. The van der Waals surface area contributed by atoms with Crippen LogP contribution in [0, 0.1) is 6.92 Å². The third-order valence-corrected chi connectivity index (χ3v) is 5.29. The van der Waals surface area contributed by atoms with Crippen molar-refractivity contribution < 1.29 is 0 Å². The first-order chi connectivity index (χ1) is 13.2. The maximum absolute atomic E-state index is 4.94. The summed E-state index contributed by atoms with van der Waals surface area (Å²) >= 11 is 0. The molecule has 1 heteroatoms. The molecule has 3 aromatic carbocycles. The van der Waals surface area contributed by atoms with Crippen LogP contribution in [-0.2, 0) is 0 Å². The second-order valence-electron chi connectivity index (χ2n) is 7.03. The lowest BCUT2D eigenvalue weighted by Crippen LogP contribution is -1.90. The number of benzene rings is 3. The fraction of sp³-hybridized carbons (Fsp3) is 0.0385. The average molecular weight is 345 g/mol. The second-order valence-corrected chi connectivity index (χ2v) is 7.03. The molecule has 0 saturated heterocycles. The minimum atomic E-state index is 1.02. The summed E-state index contributed by atoms with van der Waals surface area (Å²) in [6.07, 6.45) is 6.24. The fourth-order valence-corrected chi connectivity index (χ4v) is 3.93. The van der Waals surface area contributed by atoms with Crippen molar-refractivity contribution in [3.63, 3.8) is 0 Å². The lowest BCUT2D eigenvalue weighted by atomic mass is 9.96. The van der Waals surface area contributed by atoms with Gasteiger partial charge in [-0.05, 0) is 58.5 Å². The van der Waals surface area contributed by atoms with Crippen LogP contribution in [0.15, 0.2) is 73.3 Å². The molecular formula is C26H19N. The van der Waals surface area contributed by atoms with Crippen molar-refractivity contribution in [2.24, 2.45) is 0 Å². The Morgan fingerprint density at radius 1 is 0.815 bits per heavy atom. The molecule has 0 radical (unpaired) electrons. The largest absolute Gasteiger partial charge is 0.248 e. The molecule has 27 heavy (non-hydrogen) atoms. The smallest absolute Gasteiger partial charge is 0.0721 e. The summed E-state index contributed by atoms with van der Waals surface area (Å²) in [4.78, 5) is 4.94. The van der Waals surface area contributed by atoms with Gasteiger partial charge in [-0.15, -0.1) is 0 Å². The van der Waals surface area contributed by atoms with Crippen LogP contribution in [0.25, 0.3) is 51.5 Å². The molecule has 0 spiro atoms. The van der Waals surface area contributed by atoms with Crippen LogP contribution < -0.4 is 0 Å². The third kappa shape index (κ3) is 2.60. The standard InChI is InChI=1S/C26H19N/c1-3-18-10-13-23(17(2)14-18)20-7-4-8-21(15-20)25-16-22-12-11-19-6-5-9-24(27-25)26(19)22/h3-16H,1H2,2H3. The molecule has 0 saturated carbocycles. The van der Waals surface area contributed by atoms with E-state index in [2.05, 4.69) is 92.4 Å². The summed E-state index contributed by atoms with van der Waals surface area (Å²) in [6.45, 7) is 6.01. The van der Waals surface area contributed by atoms with Crippen molar-refractivity contribution in [3.8, 4) is 22.4 Å². The average Bonchev–Trinajstić information content (AvgIpc) is 3.12. The van der Waals surface area contributed by atoms with Gasteiger partial charge in [0.1, 0.15) is 0 Å². The van der Waals surface area contributed by atoms with E-state index in [1.807, 2.05) is 6.08 Å². The molecule has 128 valence electrons. The molecule has 0 unspecified atom stereocenters. The summed E-state index contributed by atoms with van der Waals surface area (Å²) in [5.74, 6) is 0. The van der Waals surface area contributed by atoms with E-state index in [0.717, 1.165) is 22.3 Å². The van der Waals surface area contributed by atoms with E-state index >= 15 is 0 Å². The highest BCUT2D eigenvalue weighted by Crippen LogP contribution is 2.34. The molecule has 1 nitrogen and oxygen atoms in total. The highest BCUT2D eigenvalue weighted by atomic mass is 14.7. The van der Waals surface area contributed by atoms with Gasteiger partial charge in [-0.3, -0.25) is 0 Å². The molecule has 1 aliphatic carbocycles. The van der Waals surface area contributed by atoms with Gasteiger partial charge >= 0.3 is 0 Å². The van der Waals surface area contributed by atoms with E-state index in [1.165, 1.54) is 33.2 Å². The van der Waals surface area contributed by atoms with Crippen LogP contribution in [0.2, 0.25) is 0 Å². The number of nitrogens with zero attached hydrogens (tertiary/aromatic N) is 1. The molecule has 0 fully saturated rings. The summed E-state index contributed by atoms with van der Waals surface area (Å²) in [6, 6.07) is 23.6. The van der Waals surface area contributed by atoms with Crippen molar-refractivity contribution in [1.29, 1.82) is 0 Å². The Hall–Kier alpha value is -3.45. The lowest BCUT2D eigenvalue weighted by molar-refractivity contribution is 1.39. The van der Waals surface area contributed by atoms with E-state index < -0.39 is 0 Å². The maximum atomic E-state index is 4.94. The van der Waals surface area contributed by atoms with Crippen LogP contribution >= 0.6 is 0 Å². The molecule has 0 amide bonds. The Balaban J connectivity index is 1.64. The number of pyridine rings is 1. The van der Waals surface area contributed by atoms with Crippen LogP contribution in [0.5, 0.6) is 0 Å². The number of rotatable bonds is 3. The first-order valence-electron chi connectivity index (χ1n) is 9.19. The molecule has 0 aliphatic heterocycles. The molecule has 0 bridgehead atoms. The van der Waals surface area contributed by atoms with Gasteiger partial charge in [0.2, 0.25) is 0 Å². The normalized spacial score (nSPS) is 11.9. The van der Waals surface area contributed by atoms with Gasteiger partial charge in [0.15, 0.2) is 0 Å². The Kier molecular flexibility index (Phi) is 3.54. The summed E-state index contributed by atoms with van der Waals surface area (Å²) in [7, 11) is 0. The van der Waals surface area contributed by atoms with Crippen molar-refractivity contribution in [3.05, 3.63) is 95.6 Å². The van der Waals surface area contributed by atoms with Gasteiger partial charge in [-0.1, -0.05) is 73.3 Å². The molecule has 1 aliphatic rings. The van der Waals surface area contributed by atoms with Crippen LogP contribution in [0.4, 0.5) is 0 Å². The predicted octanol–water partition coefficient (Wildman–Crippen LogP) is 7.00. The number of hydrogen-bond donors (Lipinski definition) is 0. The van der Waals surface area contributed by atoms with E-state index in [-0.39, 0.29) is 0 Å². The van der Waals surface area contributed by atoms with E-state index in [9.17, 15) is 0 Å². The van der Waals surface area contributed by atoms with Gasteiger partial charge in [0, 0.05) is 10.9 Å². The molecule has 4 aromatic rings. The van der Waals surface area contributed by atoms with E-state index in [4.69, 9.17) is 4.98 Å². The van der Waals surface area contributed by atoms with Gasteiger partial charge in [0.05, 0.1) is 11.2 Å². The number of aryl methyl sites for hydroxylation is 1. The number of aromatic nitrogens is 1. The minimum Gasteiger partial charge on any atom is -0.248 e. The Bertz CT molecular complexity index is 1240. The first kappa shape index (κ1) is 15.8. The van der Waals surface area contributed by atoms with Gasteiger partial charge < -0.3 is 0 Å². The molecule has 0 N–H and O–H groups in total. The molecule has 1 aromatic heterocycles. The first-order valence-corrected chi connectivity index (χ1v) is 9.19. The highest BCUT2D eigenvalue weighted by molar-refractivity contribution is 6.04. The Morgan fingerprint density at radius 2 is 1.63 bits per heavy atom. The predicted molar refractivity (Wildman–Crippen MR) is 116 cm³/mol. The van der Waals surface area contributed by atoms with Crippen molar-refractivity contribution in [1.82, 2.24) is 4.98 Å². The monoisotopic (exact) mass is 345 g/mol. The molecule has 1 heterocycles. The van der Waals surface area contributed by atoms with E-state index in [1.54, 1.807) is 0 Å². The van der Waals surface area contributed by atoms with E-state index in [0.29, 0.717) is 0 Å². The Morgan fingerprint density at radius 3 is 2.48 bits per heavy atom. The SMILES string of the molecule is C=Cc1ccc(-c2cccc(-c3cc4c5c(cccc5n3)C=C4)c2)c(C)c1. The third-order valence-electron chi connectivity index (χ3n) is 5.29. The second kappa shape index (κ2) is 6.07. The van der Waals surface area contributed by atoms with Crippen molar-refractivity contribution in [2.75, 3.05) is 0 Å². The van der Waals surface area contributed by atoms with Crippen LogP contribution in [0.3, 0.4) is 0 Å². The lowest BCUT2D eigenvalue weighted by Gasteiger charge is -2.11. The Labute approximate surface area is 159 Å². The quantitative estimate of drug-likeness (QED) is 0.343. The molecule has 5 rings (SSSR count). The summed E-state index contributed by atoms with van der Waals surface area (Å²) in [5, 5.41) is 1.26. The van der Waals surface area contributed by atoms with Gasteiger partial charge in [-0.2, -0.15) is 0 Å². The van der Waals surface area contributed by atoms with Crippen LogP contribution in [0.1, 0.15) is 22.3 Å².